The predicted octanol–water partition coefficient (Wildman–Crippen LogP) is 7.22. The third-order valence-electron chi connectivity index (χ3n) is 11.4. The molecule has 4 saturated carbocycles. The lowest BCUT2D eigenvalue weighted by molar-refractivity contribution is -0.151. The Hall–Kier alpha value is -0.830. The molecule has 0 aromatic rings. The van der Waals surface area contributed by atoms with Crippen LogP contribution >= 0.6 is 0 Å². The lowest BCUT2D eigenvalue weighted by atomic mass is 9.47. The molecule has 4 fully saturated rings. The Labute approximate surface area is 202 Å². The van der Waals surface area contributed by atoms with E-state index in [-0.39, 0.29) is 23.6 Å². The Bertz CT molecular complexity index is 752. The lowest BCUT2D eigenvalue weighted by Gasteiger charge is -2.58. The van der Waals surface area contributed by atoms with Gasteiger partial charge in [-0.05, 0) is 117 Å². The summed E-state index contributed by atoms with van der Waals surface area (Å²) in [6.07, 6.45) is 19.9. The van der Waals surface area contributed by atoms with E-state index >= 15 is 0 Å². The van der Waals surface area contributed by atoms with Crippen LogP contribution in [0.25, 0.3) is 0 Å². The third kappa shape index (κ3) is 4.23. The van der Waals surface area contributed by atoms with Gasteiger partial charge in [-0.2, -0.15) is 0 Å². The molecule has 3 heteroatoms. The Kier molecular flexibility index (Phi) is 6.75. The Morgan fingerprint density at radius 3 is 2.67 bits per heavy atom. The SMILES string of the molecule is C[C@H](CCC(=O)OC1CCCCC1)[C@H]1[C@@H](O)C[C@H]2[C@@H]3CC=C4CCCC[C@]4(C)[C@H]3CC[C@]12C. The second-order valence-corrected chi connectivity index (χ2v) is 13.1. The van der Waals surface area contributed by atoms with E-state index in [2.05, 4.69) is 26.8 Å². The van der Waals surface area contributed by atoms with Crippen LogP contribution < -0.4 is 0 Å². The molecular weight excluding hydrogens is 408 g/mol. The van der Waals surface area contributed by atoms with Crippen molar-refractivity contribution in [2.75, 3.05) is 0 Å². The summed E-state index contributed by atoms with van der Waals surface area (Å²) in [4.78, 5) is 12.5. The van der Waals surface area contributed by atoms with Gasteiger partial charge in [0.15, 0.2) is 0 Å². The van der Waals surface area contributed by atoms with E-state index in [1.807, 2.05) is 0 Å². The van der Waals surface area contributed by atoms with Gasteiger partial charge in [0.1, 0.15) is 6.10 Å². The Morgan fingerprint density at radius 1 is 1.09 bits per heavy atom. The minimum absolute atomic E-state index is 0.0122. The molecule has 0 bridgehead atoms. The molecule has 1 N–H and O–H groups in total. The normalized spacial score (nSPS) is 44.2. The maximum Gasteiger partial charge on any atom is 0.306 e. The van der Waals surface area contributed by atoms with Crippen LogP contribution in [0.5, 0.6) is 0 Å². The van der Waals surface area contributed by atoms with Gasteiger partial charge in [-0.1, -0.05) is 45.3 Å². The predicted molar refractivity (Wildman–Crippen MR) is 133 cm³/mol. The first-order valence-corrected chi connectivity index (χ1v) is 14.4. The van der Waals surface area contributed by atoms with Crippen molar-refractivity contribution in [3.63, 3.8) is 0 Å². The zero-order valence-electron chi connectivity index (χ0n) is 21.5. The summed E-state index contributed by atoms with van der Waals surface area (Å²) in [7, 11) is 0. The molecule has 0 aliphatic heterocycles. The number of allylic oxidation sites excluding steroid dienone is 2. The van der Waals surface area contributed by atoms with Crippen molar-refractivity contribution in [3.05, 3.63) is 11.6 Å². The van der Waals surface area contributed by atoms with E-state index in [1.165, 1.54) is 64.2 Å². The van der Waals surface area contributed by atoms with Gasteiger partial charge in [-0.15, -0.1) is 0 Å². The molecule has 0 radical (unpaired) electrons. The monoisotopic (exact) mass is 456 g/mol. The second-order valence-electron chi connectivity index (χ2n) is 13.1. The molecule has 8 atom stereocenters. The summed E-state index contributed by atoms with van der Waals surface area (Å²) >= 11 is 0. The first kappa shape index (κ1) is 23.9. The van der Waals surface area contributed by atoms with Gasteiger partial charge in [0.2, 0.25) is 0 Å². The molecular formula is C30H48O3. The number of hydrogen-bond donors (Lipinski definition) is 1. The van der Waals surface area contributed by atoms with E-state index in [4.69, 9.17) is 4.74 Å². The molecule has 3 nitrogen and oxygen atoms in total. The average molecular weight is 457 g/mol. The molecule has 5 rings (SSSR count). The van der Waals surface area contributed by atoms with Crippen LogP contribution in [0.3, 0.4) is 0 Å². The van der Waals surface area contributed by atoms with Crippen molar-refractivity contribution in [1.82, 2.24) is 0 Å². The number of esters is 1. The van der Waals surface area contributed by atoms with Gasteiger partial charge >= 0.3 is 5.97 Å². The maximum atomic E-state index is 12.5. The standard InChI is InChI=1S/C30H48O3/c1-20(12-15-27(32)33-22-10-5-4-6-11-22)28-26(31)19-25-23-14-13-21-9-7-8-17-29(21,2)24(23)16-18-30(25,28)3/h13,20,22-26,28,31H,4-12,14-19H2,1-3H3/t20-,23-,24+,25+,26+,28+,29+,30+/m1/s1. The van der Waals surface area contributed by atoms with Crippen molar-refractivity contribution >= 4 is 5.97 Å². The number of hydrogen-bond acceptors (Lipinski definition) is 3. The van der Waals surface area contributed by atoms with Gasteiger partial charge < -0.3 is 9.84 Å². The molecule has 0 aromatic heterocycles. The highest BCUT2D eigenvalue weighted by atomic mass is 16.5. The number of carbonyl (C=O) groups excluding carboxylic acids is 1. The third-order valence-corrected chi connectivity index (χ3v) is 11.4. The quantitative estimate of drug-likeness (QED) is 0.351. The summed E-state index contributed by atoms with van der Waals surface area (Å²) in [5, 5.41) is 11.3. The van der Waals surface area contributed by atoms with Crippen molar-refractivity contribution < 1.29 is 14.6 Å². The molecule has 5 aliphatic rings. The van der Waals surface area contributed by atoms with Gasteiger partial charge in [-0.3, -0.25) is 4.79 Å². The zero-order valence-corrected chi connectivity index (χ0v) is 21.5. The summed E-state index contributed by atoms with van der Waals surface area (Å²) in [6, 6.07) is 0. The Morgan fingerprint density at radius 2 is 1.88 bits per heavy atom. The minimum atomic E-state index is -0.215. The molecule has 0 amide bonds. The molecule has 33 heavy (non-hydrogen) atoms. The maximum absolute atomic E-state index is 12.5. The van der Waals surface area contributed by atoms with Crippen LogP contribution in [0.1, 0.15) is 117 Å². The molecule has 0 saturated heterocycles. The van der Waals surface area contributed by atoms with E-state index in [0.717, 1.165) is 37.5 Å². The van der Waals surface area contributed by atoms with Crippen LogP contribution in [0.4, 0.5) is 0 Å². The second kappa shape index (κ2) is 9.32. The number of fused-ring (bicyclic) bond motifs is 5. The number of ether oxygens (including phenoxy) is 1. The summed E-state index contributed by atoms with van der Waals surface area (Å²) in [5.41, 5.74) is 2.39. The molecule has 5 aliphatic carbocycles. The van der Waals surface area contributed by atoms with Crippen molar-refractivity contribution in [3.8, 4) is 0 Å². The molecule has 0 heterocycles. The molecule has 0 aromatic carbocycles. The minimum Gasteiger partial charge on any atom is -0.462 e. The highest BCUT2D eigenvalue weighted by Crippen LogP contribution is 2.67. The fourth-order valence-corrected chi connectivity index (χ4v) is 9.73. The van der Waals surface area contributed by atoms with E-state index < -0.39 is 0 Å². The van der Waals surface area contributed by atoms with Crippen molar-refractivity contribution in [2.24, 2.45) is 40.4 Å². The molecule has 0 spiro atoms. The largest absolute Gasteiger partial charge is 0.462 e. The van der Waals surface area contributed by atoms with Crippen LogP contribution in [0, 0.1) is 40.4 Å². The number of carbonyl (C=O) groups is 1. The lowest BCUT2D eigenvalue weighted by Crippen LogP contribution is -2.50. The Balaban J connectivity index is 1.24. The van der Waals surface area contributed by atoms with E-state index in [1.54, 1.807) is 5.57 Å². The van der Waals surface area contributed by atoms with E-state index in [0.29, 0.717) is 29.6 Å². The van der Waals surface area contributed by atoms with Gasteiger partial charge in [0.25, 0.3) is 0 Å². The van der Waals surface area contributed by atoms with Crippen LogP contribution in [-0.2, 0) is 9.53 Å². The highest BCUT2D eigenvalue weighted by molar-refractivity contribution is 5.69. The molecule has 0 unspecified atom stereocenters. The van der Waals surface area contributed by atoms with Gasteiger partial charge in [0, 0.05) is 6.42 Å². The smallest absolute Gasteiger partial charge is 0.306 e. The molecule has 186 valence electrons. The average Bonchev–Trinajstić information content (AvgIpc) is 3.08. The van der Waals surface area contributed by atoms with Crippen molar-refractivity contribution in [1.29, 1.82) is 0 Å². The number of aliphatic hydroxyl groups excluding tert-OH is 1. The van der Waals surface area contributed by atoms with Crippen LogP contribution in [-0.4, -0.2) is 23.3 Å². The zero-order chi connectivity index (χ0) is 23.2. The topological polar surface area (TPSA) is 46.5 Å². The fraction of sp³-hybridized carbons (Fsp3) is 0.900. The fourth-order valence-electron chi connectivity index (χ4n) is 9.73. The first-order valence-electron chi connectivity index (χ1n) is 14.4. The highest BCUT2D eigenvalue weighted by Gasteiger charge is 2.61. The summed E-state index contributed by atoms with van der Waals surface area (Å²) in [6.45, 7) is 7.36. The number of aliphatic hydroxyl groups is 1. The number of rotatable bonds is 5. The summed E-state index contributed by atoms with van der Waals surface area (Å²) in [5.74, 6) is 2.84. The van der Waals surface area contributed by atoms with Crippen LogP contribution in [0.15, 0.2) is 11.6 Å². The van der Waals surface area contributed by atoms with Crippen molar-refractivity contribution in [2.45, 2.75) is 129 Å². The van der Waals surface area contributed by atoms with Gasteiger partial charge in [0.05, 0.1) is 6.10 Å². The van der Waals surface area contributed by atoms with Gasteiger partial charge in [-0.25, -0.2) is 0 Å². The van der Waals surface area contributed by atoms with Crippen LogP contribution in [0.2, 0.25) is 0 Å². The summed E-state index contributed by atoms with van der Waals surface area (Å²) < 4.78 is 5.79. The van der Waals surface area contributed by atoms with E-state index in [9.17, 15) is 9.90 Å². The first-order chi connectivity index (χ1) is 15.8.